The van der Waals surface area contributed by atoms with Crippen LogP contribution in [0.5, 0.6) is 0 Å². The van der Waals surface area contributed by atoms with E-state index in [2.05, 4.69) is 67.7 Å². The normalized spacial score (nSPS) is 18.1. The number of pyridine rings is 3. The Morgan fingerprint density at radius 1 is 1.03 bits per heavy atom. The number of fused-ring (bicyclic) bond motifs is 1. The summed E-state index contributed by atoms with van der Waals surface area (Å²) in [6.07, 6.45) is 7.76. The lowest BCUT2D eigenvalue weighted by Crippen LogP contribution is -2.46. The van der Waals surface area contributed by atoms with Crippen LogP contribution in [0.3, 0.4) is 0 Å². The van der Waals surface area contributed by atoms with Gasteiger partial charge in [0.15, 0.2) is 0 Å². The van der Waals surface area contributed by atoms with Crippen LogP contribution in [-0.4, -0.2) is 55.8 Å². The Balaban J connectivity index is 1.40. The molecule has 1 aliphatic rings. The van der Waals surface area contributed by atoms with E-state index in [1.165, 1.54) is 0 Å². The fourth-order valence-corrected chi connectivity index (χ4v) is 4.27. The molecule has 0 radical (unpaired) electrons. The second kappa shape index (κ2) is 7.97. The number of rotatable bonds is 4. The standard InChI is InChI=1S/C24H26N6/c1-18-5-3-7-21(27-18)15-29-12-11-28(2)23(16-29)24-22-9-8-20(14-30(22)17-26-24)19-6-4-10-25-13-19/h3-10,13-14,17,23H,11-12,15-16H2,1-2H3/t23-/m0/s1. The van der Waals surface area contributed by atoms with Crippen molar-refractivity contribution in [3.05, 3.63) is 84.5 Å². The van der Waals surface area contributed by atoms with E-state index in [1.807, 2.05) is 31.6 Å². The molecule has 5 rings (SSSR count). The molecular weight excluding hydrogens is 372 g/mol. The monoisotopic (exact) mass is 398 g/mol. The van der Waals surface area contributed by atoms with Crippen LogP contribution in [0, 0.1) is 6.92 Å². The Bertz CT molecular complexity index is 1150. The second-order valence-corrected chi connectivity index (χ2v) is 8.08. The number of likely N-dealkylation sites (N-methyl/N-ethyl adjacent to an activating group) is 1. The summed E-state index contributed by atoms with van der Waals surface area (Å²) in [6.45, 7) is 5.93. The largest absolute Gasteiger partial charge is 0.305 e. The summed E-state index contributed by atoms with van der Waals surface area (Å²) in [5.41, 5.74) is 6.76. The van der Waals surface area contributed by atoms with E-state index in [-0.39, 0.29) is 6.04 Å². The van der Waals surface area contributed by atoms with Gasteiger partial charge in [-0.3, -0.25) is 19.8 Å². The van der Waals surface area contributed by atoms with Crippen molar-refractivity contribution in [2.24, 2.45) is 0 Å². The minimum atomic E-state index is 0.262. The first-order chi connectivity index (χ1) is 14.7. The predicted molar refractivity (Wildman–Crippen MR) is 118 cm³/mol. The van der Waals surface area contributed by atoms with Gasteiger partial charge in [-0.25, -0.2) is 4.98 Å². The lowest BCUT2D eigenvalue weighted by Gasteiger charge is -2.38. The second-order valence-electron chi connectivity index (χ2n) is 8.08. The molecule has 0 aromatic carbocycles. The number of aromatic nitrogens is 4. The highest BCUT2D eigenvalue weighted by Crippen LogP contribution is 2.28. The van der Waals surface area contributed by atoms with Gasteiger partial charge in [0.1, 0.15) is 0 Å². The van der Waals surface area contributed by atoms with Crippen LogP contribution in [0.2, 0.25) is 0 Å². The van der Waals surface area contributed by atoms with Gasteiger partial charge in [0, 0.05) is 56.0 Å². The summed E-state index contributed by atoms with van der Waals surface area (Å²) < 4.78 is 2.13. The fourth-order valence-electron chi connectivity index (χ4n) is 4.27. The van der Waals surface area contributed by atoms with Crippen molar-refractivity contribution in [2.45, 2.75) is 19.5 Å². The summed E-state index contributed by atoms with van der Waals surface area (Å²) in [7, 11) is 2.20. The number of hydrogen-bond acceptors (Lipinski definition) is 5. The number of hydrogen-bond donors (Lipinski definition) is 0. The lowest BCUT2D eigenvalue weighted by atomic mass is 10.1. The highest BCUT2D eigenvalue weighted by molar-refractivity contribution is 5.66. The molecule has 1 aliphatic heterocycles. The number of imidazole rings is 1. The molecular formula is C24H26N6. The van der Waals surface area contributed by atoms with Gasteiger partial charge >= 0.3 is 0 Å². The molecule has 1 atom stereocenters. The SMILES string of the molecule is Cc1cccc(CN2CCN(C)[C@H](c3ncn4cc(-c5cccnc5)ccc34)C2)n1. The van der Waals surface area contributed by atoms with Crippen molar-refractivity contribution >= 4 is 5.52 Å². The third-order valence-electron chi connectivity index (χ3n) is 5.93. The van der Waals surface area contributed by atoms with Crippen LogP contribution in [0.1, 0.15) is 23.1 Å². The average molecular weight is 399 g/mol. The predicted octanol–water partition coefficient (Wildman–Crippen LogP) is 3.59. The highest BCUT2D eigenvalue weighted by Gasteiger charge is 2.28. The van der Waals surface area contributed by atoms with E-state index < -0.39 is 0 Å². The third kappa shape index (κ3) is 3.72. The molecule has 4 aromatic rings. The summed E-state index contributed by atoms with van der Waals surface area (Å²) in [5.74, 6) is 0. The number of aryl methyl sites for hydroxylation is 1. The van der Waals surface area contributed by atoms with Crippen molar-refractivity contribution in [1.29, 1.82) is 0 Å². The Hall–Kier alpha value is -3.09. The molecule has 0 spiro atoms. The first-order valence-corrected chi connectivity index (χ1v) is 10.4. The quantitative estimate of drug-likeness (QED) is 0.526. The molecule has 0 bridgehead atoms. The Morgan fingerprint density at radius 2 is 1.97 bits per heavy atom. The maximum Gasteiger partial charge on any atom is 0.0996 e. The molecule has 1 fully saturated rings. The first kappa shape index (κ1) is 18.9. The van der Waals surface area contributed by atoms with Crippen molar-refractivity contribution in [2.75, 3.05) is 26.7 Å². The lowest BCUT2D eigenvalue weighted by molar-refractivity contribution is 0.0883. The van der Waals surface area contributed by atoms with Gasteiger partial charge in [0.2, 0.25) is 0 Å². The van der Waals surface area contributed by atoms with Gasteiger partial charge in [0.25, 0.3) is 0 Å². The molecule has 0 N–H and O–H groups in total. The van der Waals surface area contributed by atoms with E-state index in [1.54, 1.807) is 6.20 Å². The molecule has 0 aliphatic carbocycles. The molecule has 0 saturated carbocycles. The van der Waals surface area contributed by atoms with Gasteiger partial charge in [-0.1, -0.05) is 18.2 Å². The van der Waals surface area contributed by atoms with Gasteiger partial charge in [-0.15, -0.1) is 0 Å². The summed E-state index contributed by atoms with van der Waals surface area (Å²) in [6, 6.07) is 14.9. The topological polar surface area (TPSA) is 49.6 Å². The Morgan fingerprint density at radius 3 is 2.80 bits per heavy atom. The molecule has 152 valence electrons. The first-order valence-electron chi connectivity index (χ1n) is 10.4. The van der Waals surface area contributed by atoms with E-state index in [4.69, 9.17) is 4.98 Å². The molecule has 1 saturated heterocycles. The summed E-state index contributed by atoms with van der Waals surface area (Å²) >= 11 is 0. The molecule has 0 unspecified atom stereocenters. The van der Waals surface area contributed by atoms with E-state index >= 15 is 0 Å². The van der Waals surface area contributed by atoms with Crippen LogP contribution in [0.4, 0.5) is 0 Å². The van der Waals surface area contributed by atoms with E-state index in [0.717, 1.165) is 59.9 Å². The Labute approximate surface area is 176 Å². The van der Waals surface area contributed by atoms with Crippen LogP contribution in [0.25, 0.3) is 16.6 Å². The molecule has 0 amide bonds. The Kier molecular flexibility index (Phi) is 5.02. The molecule has 6 nitrogen and oxygen atoms in total. The molecule has 5 heterocycles. The average Bonchev–Trinajstić information content (AvgIpc) is 3.19. The van der Waals surface area contributed by atoms with E-state index in [0.29, 0.717) is 0 Å². The van der Waals surface area contributed by atoms with Crippen LogP contribution >= 0.6 is 0 Å². The highest BCUT2D eigenvalue weighted by atomic mass is 15.3. The fraction of sp³-hybridized carbons (Fsp3) is 0.292. The maximum atomic E-state index is 4.82. The molecule has 30 heavy (non-hydrogen) atoms. The smallest absolute Gasteiger partial charge is 0.0996 e. The number of nitrogens with zero attached hydrogens (tertiary/aromatic N) is 6. The van der Waals surface area contributed by atoms with Crippen molar-refractivity contribution in [3.8, 4) is 11.1 Å². The zero-order valence-electron chi connectivity index (χ0n) is 17.4. The number of piperazine rings is 1. The third-order valence-corrected chi connectivity index (χ3v) is 5.93. The zero-order valence-corrected chi connectivity index (χ0v) is 17.4. The van der Waals surface area contributed by atoms with Crippen molar-refractivity contribution in [1.82, 2.24) is 29.2 Å². The zero-order chi connectivity index (χ0) is 20.5. The maximum absolute atomic E-state index is 4.82. The van der Waals surface area contributed by atoms with Crippen LogP contribution in [-0.2, 0) is 6.54 Å². The van der Waals surface area contributed by atoms with Gasteiger partial charge in [0.05, 0.1) is 29.3 Å². The minimum absolute atomic E-state index is 0.262. The van der Waals surface area contributed by atoms with Crippen molar-refractivity contribution < 1.29 is 0 Å². The minimum Gasteiger partial charge on any atom is -0.305 e. The van der Waals surface area contributed by atoms with E-state index in [9.17, 15) is 0 Å². The molecule has 6 heteroatoms. The van der Waals surface area contributed by atoms with Crippen LogP contribution in [0.15, 0.2) is 67.4 Å². The van der Waals surface area contributed by atoms with Gasteiger partial charge in [-0.2, -0.15) is 0 Å². The molecule has 4 aromatic heterocycles. The summed E-state index contributed by atoms with van der Waals surface area (Å²) in [5, 5.41) is 0. The van der Waals surface area contributed by atoms with Crippen molar-refractivity contribution in [3.63, 3.8) is 0 Å². The van der Waals surface area contributed by atoms with Gasteiger partial charge in [-0.05, 0) is 43.8 Å². The summed E-state index contributed by atoms with van der Waals surface area (Å²) in [4.78, 5) is 18.6. The van der Waals surface area contributed by atoms with Gasteiger partial charge < -0.3 is 4.40 Å². The van der Waals surface area contributed by atoms with Crippen LogP contribution < -0.4 is 0 Å².